The predicted octanol–water partition coefficient (Wildman–Crippen LogP) is 0.998. The first-order valence-electron chi connectivity index (χ1n) is 6.44. The highest BCUT2D eigenvalue weighted by molar-refractivity contribution is 6.33. The highest BCUT2D eigenvalue weighted by Gasteiger charge is 2.28. The second-order valence-corrected chi connectivity index (χ2v) is 5.17. The van der Waals surface area contributed by atoms with E-state index in [1.165, 1.54) is 6.20 Å². The number of rotatable bonds is 3. The zero-order chi connectivity index (χ0) is 14.7. The molecule has 0 radical (unpaired) electrons. The highest BCUT2D eigenvalue weighted by Crippen LogP contribution is 2.21. The Morgan fingerprint density at radius 3 is 3.00 bits per heavy atom. The molecule has 1 saturated heterocycles. The van der Waals surface area contributed by atoms with Crippen LogP contribution in [0.1, 0.15) is 17.3 Å². The number of carbonyl (C=O) groups is 1. The second-order valence-electron chi connectivity index (χ2n) is 4.77. The van der Waals surface area contributed by atoms with E-state index in [4.69, 9.17) is 16.3 Å². The molecule has 0 aliphatic carbocycles. The first-order chi connectivity index (χ1) is 9.55. The van der Waals surface area contributed by atoms with Gasteiger partial charge in [-0.2, -0.15) is 0 Å². The number of ether oxygens (including phenoxy) is 1. The second kappa shape index (κ2) is 6.39. The summed E-state index contributed by atoms with van der Waals surface area (Å²) in [6.45, 7) is 2.62. The van der Waals surface area contributed by atoms with Gasteiger partial charge in [-0.3, -0.25) is 4.79 Å². The lowest BCUT2D eigenvalue weighted by Gasteiger charge is -2.36. The van der Waals surface area contributed by atoms with E-state index in [0.717, 1.165) is 0 Å². The average molecular weight is 300 g/mol. The van der Waals surface area contributed by atoms with Gasteiger partial charge in [-0.1, -0.05) is 11.6 Å². The zero-order valence-electron chi connectivity index (χ0n) is 11.5. The van der Waals surface area contributed by atoms with Gasteiger partial charge in [0.15, 0.2) is 0 Å². The van der Waals surface area contributed by atoms with Crippen LogP contribution in [-0.2, 0) is 4.74 Å². The number of anilines is 1. The number of aliphatic hydroxyl groups is 1. The van der Waals surface area contributed by atoms with E-state index < -0.39 is 0 Å². The van der Waals surface area contributed by atoms with E-state index in [-0.39, 0.29) is 24.7 Å². The van der Waals surface area contributed by atoms with Gasteiger partial charge < -0.3 is 20.1 Å². The summed E-state index contributed by atoms with van der Waals surface area (Å²) in [5, 5.41) is 12.4. The molecule has 6 nitrogen and oxygen atoms in total. The third-order valence-electron chi connectivity index (χ3n) is 3.14. The van der Waals surface area contributed by atoms with Crippen molar-refractivity contribution < 1.29 is 14.6 Å². The fourth-order valence-electron chi connectivity index (χ4n) is 2.23. The molecule has 1 aliphatic heterocycles. The van der Waals surface area contributed by atoms with Crippen LogP contribution in [0, 0.1) is 0 Å². The minimum Gasteiger partial charge on any atom is -0.394 e. The summed E-state index contributed by atoms with van der Waals surface area (Å²) < 4.78 is 5.52. The summed E-state index contributed by atoms with van der Waals surface area (Å²) in [4.78, 5) is 18.2. The van der Waals surface area contributed by atoms with E-state index in [1.807, 2.05) is 6.92 Å². The quantitative estimate of drug-likeness (QED) is 0.871. The maximum atomic E-state index is 12.4. The van der Waals surface area contributed by atoms with Crippen LogP contribution >= 0.6 is 11.6 Å². The van der Waals surface area contributed by atoms with Crippen LogP contribution in [0.4, 0.5) is 5.82 Å². The Labute approximate surface area is 122 Å². The van der Waals surface area contributed by atoms with E-state index in [2.05, 4.69) is 10.3 Å². The molecule has 0 saturated carbocycles. The van der Waals surface area contributed by atoms with Crippen molar-refractivity contribution in [3.8, 4) is 0 Å². The van der Waals surface area contributed by atoms with Crippen molar-refractivity contribution in [3.05, 3.63) is 22.8 Å². The molecular formula is C13H18ClN3O3. The fraction of sp³-hybridized carbons (Fsp3) is 0.538. The van der Waals surface area contributed by atoms with Gasteiger partial charge in [0.2, 0.25) is 0 Å². The van der Waals surface area contributed by atoms with Gasteiger partial charge in [0.1, 0.15) is 5.82 Å². The summed E-state index contributed by atoms with van der Waals surface area (Å²) >= 11 is 6.04. The van der Waals surface area contributed by atoms with Gasteiger partial charge in [0.25, 0.3) is 5.91 Å². The molecule has 2 unspecified atom stereocenters. The molecule has 20 heavy (non-hydrogen) atoms. The van der Waals surface area contributed by atoms with Crippen molar-refractivity contribution in [1.82, 2.24) is 9.88 Å². The van der Waals surface area contributed by atoms with Crippen molar-refractivity contribution in [2.45, 2.75) is 19.1 Å². The maximum Gasteiger partial charge on any atom is 0.255 e. The first kappa shape index (κ1) is 15.0. The largest absolute Gasteiger partial charge is 0.394 e. The predicted molar refractivity (Wildman–Crippen MR) is 76.1 cm³/mol. The Bertz CT molecular complexity index is 498. The Morgan fingerprint density at radius 1 is 1.65 bits per heavy atom. The molecule has 2 rings (SSSR count). The number of halogens is 1. The van der Waals surface area contributed by atoms with Crippen molar-refractivity contribution in [2.24, 2.45) is 0 Å². The van der Waals surface area contributed by atoms with Crippen LogP contribution in [-0.4, -0.2) is 59.8 Å². The van der Waals surface area contributed by atoms with Crippen LogP contribution in [0.5, 0.6) is 0 Å². The van der Waals surface area contributed by atoms with Gasteiger partial charge in [0.05, 0.1) is 29.4 Å². The summed E-state index contributed by atoms with van der Waals surface area (Å²) in [5.41, 5.74) is 0.430. The fourth-order valence-corrected chi connectivity index (χ4v) is 2.49. The Hall–Kier alpha value is -1.37. The zero-order valence-corrected chi connectivity index (χ0v) is 12.2. The van der Waals surface area contributed by atoms with Crippen molar-refractivity contribution in [3.63, 3.8) is 0 Å². The molecule has 1 aliphatic rings. The number of carbonyl (C=O) groups excluding carboxylic acids is 1. The number of amides is 1. The van der Waals surface area contributed by atoms with Gasteiger partial charge in [-0.15, -0.1) is 0 Å². The first-order valence-corrected chi connectivity index (χ1v) is 6.81. The van der Waals surface area contributed by atoms with Gasteiger partial charge >= 0.3 is 0 Å². The molecule has 0 spiro atoms. The minimum absolute atomic E-state index is 0.105. The summed E-state index contributed by atoms with van der Waals surface area (Å²) in [6.07, 6.45) is 1.04. The molecule has 110 valence electrons. The maximum absolute atomic E-state index is 12.4. The molecule has 2 N–H and O–H groups in total. The summed E-state index contributed by atoms with van der Waals surface area (Å²) in [5.74, 6) is 0.377. The number of nitrogens with zero attached hydrogens (tertiary/aromatic N) is 2. The van der Waals surface area contributed by atoms with Crippen LogP contribution in [0.3, 0.4) is 0 Å². The number of hydrogen-bond acceptors (Lipinski definition) is 5. The number of aliphatic hydroxyl groups excluding tert-OH is 1. The standard InChI is InChI=1S/C13H18ClN3O3/c1-8-5-17(6-10(7-18)20-8)13(19)9-3-11(14)12(15-2)16-4-9/h3-4,8,10,18H,5-7H2,1-2H3,(H,15,16). The van der Waals surface area contributed by atoms with Crippen LogP contribution < -0.4 is 5.32 Å². The van der Waals surface area contributed by atoms with Crippen LogP contribution in [0.25, 0.3) is 0 Å². The molecule has 2 atom stereocenters. The van der Waals surface area contributed by atoms with Gasteiger partial charge in [-0.05, 0) is 13.0 Å². The molecular weight excluding hydrogens is 282 g/mol. The average Bonchev–Trinajstić information content (AvgIpc) is 2.45. The molecule has 1 fully saturated rings. The summed E-state index contributed by atoms with van der Waals surface area (Å²) in [6, 6.07) is 1.59. The lowest BCUT2D eigenvalue weighted by molar-refractivity contribution is -0.0858. The smallest absolute Gasteiger partial charge is 0.255 e. The van der Waals surface area contributed by atoms with Crippen LogP contribution in [0.2, 0.25) is 5.02 Å². The minimum atomic E-state index is -0.345. The molecule has 2 heterocycles. The number of hydrogen-bond donors (Lipinski definition) is 2. The molecule has 1 aromatic heterocycles. The number of nitrogens with one attached hydrogen (secondary N) is 1. The van der Waals surface area contributed by atoms with E-state index in [0.29, 0.717) is 29.5 Å². The van der Waals surface area contributed by atoms with Gasteiger partial charge in [0, 0.05) is 26.3 Å². The molecule has 1 amide bonds. The van der Waals surface area contributed by atoms with Crippen molar-refractivity contribution in [2.75, 3.05) is 32.1 Å². The molecule has 0 bridgehead atoms. The number of morpholine rings is 1. The monoisotopic (exact) mass is 299 g/mol. The number of aromatic nitrogens is 1. The van der Waals surface area contributed by atoms with E-state index in [9.17, 15) is 9.90 Å². The number of pyridine rings is 1. The summed E-state index contributed by atoms with van der Waals surface area (Å²) in [7, 11) is 1.71. The van der Waals surface area contributed by atoms with Gasteiger partial charge in [-0.25, -0.2) is 4.98 Å². The Kier molecular flexibility index (Phi) is 4.80. The van der Waals surface area contributed by atoms with Crippen LogP contribution in [0.15, 0.2) is 12.3 Å². The van der Waals surface area contributed by atoms with Crippen molar-refractivity contribution >= 4 is 23.3 Å². The lowest BCUT2D eigenvalue weighted by atomic mass is 10.1. The molecule has 0 aromatic carbocycles. The molecule has 1 aromatic rings. The Balaban J connectivity index is 2.16. The lowest BCUT2D eigenvalue weighted by Crippen LogP contribution is -2.50. The third kappa shape index (κ3) is 3.20. The highest BCUT2D eigenvalue weighted by atomic mass is 35.5. The third-order valence-corrected chi connectivity index (χ3v) is 3.43. The van der Waals surface area contributed by atoms with E-state index >= 15 is 0 Å². The normalized spacial score (nSPS) is 22.7. The van der Waals surface area contributed by atoms with E-state index in [1.54, 1.807) is 18.0 Å². The van der Waals surface area contributed by atoms with Crippen molar-refractivity contribution in [1.29, 1.82) is 0 Å². The Morgan fingerprint density at radius 2 is 2.40 bits per heavy atom. The SMILES string of the molecule is CNc1ncc(C(=O)N2CC(C)OC(CO)C2)cc1Cl. The topological polar surface area (TPSA) is 74.7 Å². The molecule has 7 heteroatoms.